The van der Waals surface area contributed by atoms with E-state index in [0.29, 0.717) is 12.8 Å². The van der Waals surface area contributed by atoms with Gasteiger partial charge in [-0.05, 0) is 55.5 Å². The van der Waals surface area contributed by atoms with Gasteiger partial charge in [0.25, 0.3) is 5.91 Å². The van der Waals surface area contributed by atoms with Crippen molar-refractivity contribution in [2.75, 3.05) is 11.9 Å². The predicted octanol–water partition coefficient (Wildman–Crippen LogP) is 3.17. The Morgan fingerprint density at radius 3 is 2.55 bits per heavy atom. The van der Waals surface area contributed by atoms with Gasteiger partial charge in [0.15, 0.2) is 21.5 Å². The van der Waals surface area contributed by atoms with Crippen molar-refractivity contribution < 1.29 is 32.2 Å². The molecule has 2 fully saturated rings. The molecule has 0 aliphatic heterocycles. The molecule has 2 aromatic rings. The van der Waals surface area contributed by atoms with Crippen LogP contribution in [0, 0.1) is 23.5 Å². The molecule has 0 saturated heterocycles. The van der Waals surface area contributed by atoms with E-state index in [1.165, 1.54) is 18.2 Å². The Labute approximate surface area is 182 Å². The normalized spacial score (nSPS) is 27.5. The standard InChI is InChI=1S/C21H20ClF2NO5S/c22-15-5-2-11(20(27)25-13-3-6-16(23)17(24)8-13)7-18(15)31(29,30)19-12-1-4-14(19)21(28,9-12)10-26/h2-3,5-8,12,14,19,26,28H,1,4,9-10H2,(H,25,27)/t12?,14?,19-,21?/m1/s1. The number of nitrogens with one attached hydrogen (secondary N) is 1. The van der Waals surface area contributed by atoms with Gasteiger partial charge in [0, 0.05) is 23.2 Å². The Balaban J connectivity index is 1.65. The summed E-state index contributed by atoms with van der Waals surface area (Å²) in [5.41, 5.74) is -1.48. The van der Waals surface area contributed by atoms with E-state index in [1.54, 1.807) is 0 Å². The minimum Gasteiger partial charge on any atom is -0.393 e. The smallest absolute Gasteiger partial charge is 0.255 e. The maximum Gasteiger partial charge on any atom is 0.255 e. The summed E-state index contributed by atoms with van der Waals surface area (Å²) in [6.07, 6.45) is 1.27. The largest absolute Gasteiger partial charge is 0.393 e. The molecule has 3 N–H and O–H groups in total. The number of hydrogen-bond donors (Lipinski definition) is 3. The lowest BCUT2D eigenvalue weighted by Crippen LogP contribution is -2.41. The number of amides is 1. The highest BCUT2D eigenvalue weighted by Crippen LogP contribution is 2.55. The van der Waals surface area contributed by atoms with E-state index in [1.807, 2.05) is 0 Å². The van der Waals surface area contributed by atoms with Gasteiger partial charge in [-0.3, -0.25) is 4.79 Å². The van der Waals surface area contributed by atoms with Gasteiger partial charge in [-0.15, -0.1) is 0 Å². The van der Waals surface area contributed by atoms with Gasteiger partial charge in [0.2, 0.25) is 0 Å². The first kappa shape index (κ1) is 22.1. The minimum atomic E-state index is -4.02. The van der Waals surface area contributed by atoms with Crippen LogP contribution in [0.15, 0.2) is 41.3 Å². The third kappa shape index (κ3) is 3.73. The van der Waals surface area contributed by atoms with Crippen LogP contribution in [0.3, 0.4) is 0 Å². The molecule has 166 valence electrons. The lowest BCUT2D eigenvalue weighted by atomic mass is 9.85. The third-order valence-electron chi connectivity index (χ3n) is 6.33. The Hall–Kier alpha value is -2.07. The van der Waals surface area contributed by atoms with Crippen LogP contribution in [0.25, 0.3) is 0 Å². The van der Waals surface area contributed by atoms with E-state index in [9.17, 15) is 32.2 Å². The maximum atomic E-state index is 13.4. The minimum absolute atomic E-state index is 0.00473. The Morgan fingerprint density at radius 2 is 1.90 bits per heavy atom. The Bertz CT molecular complexity index is 1160. The number of aliphatic hydroxyl groups excluding tert-OH is 1. The van der Waals surface area contributed by atoms with Gasteiger partial charge >= 0.3 is 0 Å². The summed E-state index contributed by atoms with van der Waals surface area (Å²) in [6.45, 7) is -0.523. The molecule has 3 unspecified atom stereocenters. The number of sulfone groups is 1. The molecular formula is C21H20ClF2NO5S. The Morgan fingerprint density at radius 1 is 1.16 bits per heavy atom. The Kier molecular flexibility index (Phi) is 5.58. The van der Waals surface area contributed by atoms with Gasteiger partial charge in [-0.1, -0.05) is 11.6 Å². The number of carbonyl (C=O) groups is 1. The third-order valence-corrected chi connectivity index (χ3v) is 9.15. The average Bonchev–Trinajstić information content (AvgIpc) is 3.27. The zero-order chi connectivity index (χ0) is 22.6. The number of halogens is 3. The van der Waals surface area contributed by atoms with Crippen LogP contribution in [0.2, 0.25) is 5.02 Å². The van der Waals surface area contributed by atoms with Crippen LogP contribution in [-0.2, 0) is 9.84 Å². The zero-order valence-electron chi connectivity index (χ0n) is 16.2. The summed E-state index contributed by atoms with van der Waals surface area (Å²) < 4.78 is 53.3. The van der Waals surface area contributed by atoms with Gasteiger partial charge in [-0.2, -0.15) is 0 Å². The van der Waals surface area contributed by atoms with Crippen LogP contribution >= 0.6 is 11.6 Å². The summed E-state index contributed by atoms with van der Waals surface area (Å²) in [7, 11) is -4.02. The number of anilines is 1. The van der Waals surface area contributed by atoms with Crippen molar-refractivity contribution in [3.63, 3.8) is 0 Å². The van der Waals surface area contributed by atoms with Crippen molar-refractivity contribution in [3.05, 3.63) is 58.6 Å². The molecule has 31 heavy (non-hydrogen) atoms. The number of rotatable bonds is 5. The highest BCUT2D eigenvalue weighted by Gasteiger charge is 2.61. The van der Waals surface area contributed by atoms with Crippen molar-refractivity contribution in [1.29, 1.82) is 0 Å². The molecular weight excluding hydrogens is 452 g/mol. The predicted molar refractivity (Wildman–Crippen MR) is 110 cm³/mol. The van der Waals surface area contributed by atoms with Gasteiger partial charge in [-0.25, -0.2) is 17.2 Å². The molecule has 0 radical (unpaired) electrons. The fraction of sp³-hybridized carbons (Fsp3) is 0.381. The first-order valence-electron chi connectivity index (χ1n) is 9.70. The number of benzene rings is 2. The highest BCUT2D eigenvalue weighted by atomic mass is 35.5. The molecule has 6 nitrogen and oxygen atoms in total. The van der Waals surface area contributed by atoms with Crippen molar-refractivity contribution in [1.82, 2.24) is 0 Å². The summed E-state index contributed by atoms with van der Waals surface area (Å²) in [5, 5.41) is 21.6. The quantitative estimate of drug-likeness (QED) is 0.621. The average molecular weight is 472 g/mol. The second kappa shape index (κ2) is 7.81. The van der Waals surface area contributed by atoms with Crippen LogP contribution < -0.4 is 5.32 Å². The molecule has 2 saturated carbocycles. The lowest BCUT2D eigenvalue weighted by molar-refractivity contribution is -0.0562. The SMILES string of the molecule is O=C(Nc1ccc(F)c(F)c1)c1ccc(Cl)c(S(=O)(=O)[C@@H]2C3CCC2C(O)(CO)C3)c1. The molecule has 4 rings (SSSR count). The van der Waals surface area contributed by atoms with Gasteiger partial charge in [0.1, 0.15) is 0 Å². The first-order valence-corrected chi connectivity index (χ1v) is 11.6. The summed E-state index contributed by atoms with van der Waals surface area (Å²) in [6, 6.07) is 6.60. The van der Waals surface area contributed by atoms with E-state index in [-0.39, 0.29) is 33.5 Å². The van der Waals surface area contributed by atoms with Crippen LogP contribution in [0.5, 0.6) is 0 Å². The van der Waals surface area contributed by atoms with Gasteiger partial charge < -0.3 is 15.5 Å². The summed E-state index contributed by atoms with van der Waals surface area (Å²) >= 11 is 6.17. The van der Waals surface area contributed by atoms with E-state index in [0.717, 1.165) is 18.2 Å². The summed E-state index contributed by atoms with van der Waals surface area (Å²) in [5.74, 6) is -3.86. The number of carbonyl (C=O) groups excluding carboxylic acids is 1. The monoisotopic (exact) mass is 471 g/mol. The fourth-order valence-corrected chi connectivity index (χ4v) is 7.81. The fourth-order valence-electron chi connectivity index (χ4n) is 4.89. The molecule has 4 atom stereocenters. The van der Waals surface area contributed by atoms with Crippen LogP contribution in [-0.4, -0.2) is 42.0 Å². The molecule has 2 bridgehead atoms. The van der Waals surface area contributed by atoms with Crippen molar-refractivity contribution in [3.8, 4) is 0 Å². The molecule has 10 heteroatoms. The number of fused-ring (bicyclic) bond motifs is 2. The molecule has 2 aliphatic rings. The van der Waals surface area contributed by atoms with E-state index in [4.69, 9.17) is 11.6 Å². The van der Waals surface area contributed by atoms with Crippen molar-refractivity contribution in [2.24, 2.45) is 11.8 Å². The molecule has 0 heterocycles. The zero-order valence-corrected chi connectivity index (χ0v) is 17.8. The van der Waals surface area contributed by atoms with Crippen LogP contribution in [0.4, 0.5) is 14.5 Å². The molecule has 1 amide bonds. The first-order chi connectivity index (χ1) is 14.6. The van der Waals surface area contributed by atoms with E-state index >= 15 is 0 Å². The topological polar surface area (TPSA) is 104 Å². The second-order valence-corrected chi connectivity index (χ2v) is 10.6. The van der Waals surface area contributed by atoms with E-state index < -0.39 is 50.8 Å². The lowest BCUT2D eigenvalue weighted by Gasteiger charge is -2.30. The van der Waals surface area contributed by atoms with Crippen molar-refractivity contribution >= 4 is 33.0 Å². The molecule has 0 aromatic heterocycles. The number of hydrogen-bond acceptors (Lipinski definition) is 5. The van der Waals surface area contributed by atoms with Crippen molar-refractivity contribution in [2.45, 2.75) is 35.0 Å². The summed E-state index contributed by atoms with van der Waals surface area (Å²) in [4.78, 5) is 12.3. The second-order valence-electron chi connectivity index (χ2n) is 8.15. The van der Waals surface area contributed by atoms with E-state index in [2.05, 4.69) is 5.32 Å². The maximum absolute atomic E-state index is 13.4. The molecule has 0 spiro atoms. The van der Waals surface area contributed by atoms with Gasteiger partial charge in [0.05, 0.1) is 27.4 Å². The number of aliphatic hydroxyl groups is 2. The molecule has 2 aliphatic carbocycles. The molecule has 2 aromatic carbocycles. The van der Waals surface area contributed by atoms with Crippen LogP contribution in [0.1, 0.15) is 29.6 Å². The highest BCUT2D eigenvalue weighted by molar-refractivity contribution is 7.92.